The first-order valence-electron chi connectivity index (χ1n) is 8.83. The molecule has 1 amide bonds. The Morgan fingerprint density at radius 3 is 2.73 bits per heavy atom. The van der Waals surface area contributed by atoms with Gasteiger partial charge in [-0.05, 0) is 30.5 Å². The first-order chi connectivity index (χ1) is 12.7. The molecule has 0 aliphatic heterocycles. The Kier molecular flexibility index (Phi) is 4.50. The van der Waals surface area contributed by atoms with E-state index in [2.05, 4.69) is 20.5 Å². The van der Waals surface area contributed by atoms with Crippen molar-refractivity contribution < 1.29 is 4.79 Å². The molecule has 1 aliphatic carbocycles. The molecule has 1 fully saturated rings. The highest BCUT2D eigenvalue weighted by molar-refractivity contribution is 5.96. The summed E-state index contributed by atoms with van der Waals surface area (Å²) in [5.74, 6) is 1.62. The molecule has 1 aromatic heterocycles. The molecule has 2 aromatic carbocycles. The maximum absolute atomic E-state index is 12.7. The van der Waals surface area contributed by atoms with Crippen molar-refractivity contribution in [1.29, 1.82) is 0 Å². The number of aromatic amines is 1. The number of hydrogen-bond donors (Lipinski definition) is 3. The minimum Gasteiger partial charge on any atom is -0.329 e. The number of benzene rings is 2. The van der Waals surface area contributed by atoms with Crippen LogP contribution in [0.25, 0.3) is 11.4 Å². The largest absolute Gasteiger partial charge is 0.329 e. The molecule has 26 heavy (non-hydrogen) atoms. The van der Waals surface area contributed by atoms with Crippen LogP contribution in [-0.4, -0.2) is 27.6 Å². The fourth-order valence-corrected chi connectivity index (χ4v) is 2.99. The van der Waals surface area contributed by atoms with Gasteiger partial charge in [-0.15, -0.1) is 0 Å². The van der Waals surface area contributed by atoms with Crippen LogP contribution in [0.3, 0.4) is 0 Å². The number of nitrogens with two attached hydrogens (primary N) is 1. The molecule has 132 valence electrons. The SMILES string of the molecule is NC[C@@H](C(=O)Nc1cccc(-c2n[nH]c(C3CC3)n2)c1)c1ccccc1. The molecule has 6 heteroatoms. The van der Waals surface area contributed by atoms with Crippen molar-refractivity contribution >= 4 is 11.6 Å². The van der Waals surface area contributed by atoms with E-state index in [1.54, 1.807) is 0 Å². The zero-order valence-electron chi connectivity index (χ0n) is 14.4. The molecule has 1 heterocycles. The number of amides is 1. The molecule has 0 radical (unpaired) electrons. The fourth-order valence-electron chi connectivity index (χ4n) is 2.99. The van der Waals surface area contributed by atoms with Crippen LogP contribution in [0.1, 0.15) is 36.1 Å². The number of H-pyrrole nitrogens is 1. The van der Waals surface area contributed by atoms with Crippen LogP contribution in [0, 0.1) is 0 Å². The molecule has 0 saturated heterocycles. The Bertz CT molecular complexity index is 901. The summed E-state index contributed by atoms with van der Waals surface area (Å²) < 4.78 is 0. The Labute approximate surface area is 151 Å². The third kappa shape index (κ3) is 3.50. The average molecular weight is 347 g/mol. The van der Waals surface area contributed by atoms with Gasteiger partial charge < -0.3 is 11.1 Å². The van der Waals surface area contributed by atoms with Crippen LogP contribution in [0.2, 0.25) is 0 Å². The van der Waals surface area contributed by atoms with E-state index in [9.17, 15) is 4.79 Å². The second-order valence-corrected chi connectivity index (χ2v) is 6.59. The zero-order valence-corrected chi connectivity index (χ0v) is 14.4. The molecule has 4 rings (SSSR count). The first-order valence-corrected chi connectivity index (χ1v) is 8.83. The molecule has 4 N–H and O–H groups in total. The van der Waals surface area contributed by atoms with Crippen LogP contribution in [0.5, 0.6) is 0 Å². The summed E-state index contributed by atoms with van der Waals surface area (Å²) in [5.41, 5.74) is 8.32. The normalized spacial score (nSPS) is 14.8. The standard InChI is InChI=1S/C20H21N5O/c21-12-17(13-5-2-1-3-6-13)20(26)22-16-8-4-7-15(11-16)19-23-18(24-25-19)14-9-10-14/h1-8,11,14,17H,9-10,12,21H2,(H,22,26)(H,23,24,25)/t17-/m1/s1. The molecule has 0 spiro atoms. The quantitative estimate of drug-likeness (QED) is 0.638. The highest BCUT2D eigenvalue weighted by Gasteiger charge is 2.27. The monoisotopic (exact) mass is 347 g/mol. The molecule has 6 nitrogen and oxygen atoms in total. The van der Waals surface area contributed by atoms with Gasteiger partial charge in [-0.2, -0.15) is 5.10 Å². The third-order valence-electron chi connectivity index (χ3n) is 4.61. The molecule has 1 atom stereocenters. The number of aromatic nitrogens is 3. The van der Waals surface area contributed by atoms with E-state index in [4.69, 9.17) is 5.73 Å². The van der Waals surface area contributed by atoms with E-state index < -0.39 is 0 Å². The van der Waals surface area contributed by atoms with Gasteiger partial charge in [0, 0.05) is 23.7 Å². The van der Waals surface area contributed by atoms with Crippen molar-refractivity contribution in [2.45, 2.75) is 24.7 Å². The highest BCUT2D eigenvalue weighted by atomic mass is 16.1. The summed E-state index contributed by atoms with van der Waals surface area (Å²) in [5, 5.41) is 10.3. The van der Waals surface area contributed by atoms with Crippen LogP contribution in [0.4, 0.5) is 5.69 Å². The molecular formula is C20H21N5O. The molecule has 3 aromatic rings. The lowest BCUT2D eigenvalue weighted by Gasteiger charge is -2.15. The zero-order chi connectivity index (χ0) is 17.9. The second-order valence-electron chi connectivity index (χ2n) is 6.59. The van der Waals surface area contributed by atoms with Gasteiger partial charge in [0.25, 0.3) is 0 Å². The molecular weight excluding hydrogens is 326 g/mol. The Morgan fingerprint density at radius 2 is 2.00 bits per heavy atom. The van der Waals surface area contributed by atoms with Crippen LogP contribution < -0.4 is 11.1 Å². The lowest BCUT2D eigenvalue weighted by atomic mass is 9.98. The van der Waals surface area contributed by atoms with Crippen LogP contribution in [-0.2, 0) is 4.79 Å². The highest BCUT2D eigenvalue weighted by Crippen LogP contribution is 2.38. The molecule has 0 unspecified atom stereocenters. The van der Waals surface area contributed by atoms with Crippen molar-refractivity contribution in [3.8, 4) is 11.4 Å². The lowest BCUT2D eigenvalue weighted by Crippen LogP contribution is -2.27. The maximum atomic E-state index is 12.7. The smallest absolute Gasteiger partial charge is 0.233 e. The van der Waals surface area contributed by atoms with Crippen molar-refractivity contribution in [3.63, 3.8) is 0 Å². The summed E-state index contributed by atoms with van der Waals surface area (Å²) in [6, 6.07) is 17.1. The summed E-state index contributed by atoms with van der Waals surface area (Å²) >= 11 is 0. The number of rotatable bonds is 6. The molecule has 1 aliphatic rings. The maximum Gasteiger partial charge on any atom is 0.233 e. The second kappa shape index (κ2) is 7.09. The number of hydrogen-bond acceptors (Lipinski definition) is 4. The van der Waals surface area contributed by atoms with Crippen LogP contribution >= 0.6 is 0 Å². The van der Waals surface area contributed by atoms with Gasteiger partial charge >= 0.3 is 0 Å². The Hall–Kier alpha value is -2.99. The van der Waals surface area contributed by atoms with E-state index >= 15 is 0 Å². The Morgan fingerprint density at radius 1 is 1.19 bits per heavy atom. The lowest BCUT2D eigenvalue weighted by molar-refractivity contribution is -0.117. The van der Waals surface area contributed by atoms with Gasteiger partial charge in [-0.1, -0.05) is 42.5 Å². The number of carbonyl (C=O) groups excluding carboxylic acids is 1. The van der Waals surface area contributed by atoms with E-state index in [0.29, 0.717) is 17.4 Å². The van der Waals surface area contributed by atoms with Gasteiger partial charge in [0.05, 0.1) is 5.92 Å². The topological polar surface area (TPSA) is 96.7 Å². The number of anilines is 1. The van der Waals surface area contributed by atoms with E-state index in [0.717, 1.165) is 17.0 Å². The molecule has 0 bridgehead atoms. The molecule has 1 saturated carbocycles. The van der Waals surface area contributed by atoms with Gasteiger partial charge in [0.2, 0.25) is 5.91 Å². The number of nitrogens with one attached hydrogen (secondary N) is 2. The van der Waals surface area contributed by atoms with E-state index in [-0.39, 0.29) is 18.4 Å². The number of nitrogens with zero attached hydrogens (tertiary/aromatic N) is 2. The minimum absolute atomic E-state index is 0.121. The van der Waals surface area contributed by atoms with Crippen molar-refractivity contribution in [3.05, 3.63) is 66.0 Å². The van der Waals surface area contributed by atoms with Crippen molar-refractivity contribution in [1.82, 2.24) is 15.2 Å². The summed E-state index contributed by atoms with van der Waals surface area (Å²) in [4.78, 5) is 17.2. The van der Waals surface area contributed by atoms with Crippen LogP contribution in [0.15, 0.2) is 54.6 Å². The minimum atomic E-state index is -0.384. The van der Waals surface area contributed by atoms with E-state index in [1.165, 1.54) is 12.8 Å². The van der Waals surface area contributed by atoms with Crippen molar-refractivity contribution in [2.24, 2.45) is 5.73 Å². The first kappa shape index (κ1) is 16.5. The fraction of sp³-hybridized carbons (Fsp3) is 0.250. The predicted octanol–water partition coefficient (Wildman–Crippen LogP) is 3.03. The Balaban J connectivity index is 1.51. The van der Waals surface area contributed by atoms with Crippen molar-refractivity contribution in [2.75, 3.05) is 11.9 Å². The summed E-state index contributed by atoms with van der Waals surface area (Å²) in [6.45, 7) is 0.251. The third-order valence-corrected chi connectivity index (χ3v) is 4.61. The summed E-state index contributed by atoms with van der Waals surface area (Å²) in [7, 11) is 0. The summed E-state index contributed by atoms with van der Waals surface area (Å²) in [6.07, 6.45) is 2.34. The van der Waals surface area contributed by atoms with Gasteiger partial charge in [-0.25, -0.2) is 4.98 Å². The predicted molar refractivity (Wildman–Crippen MR) is 101 cm³/mol. The van der Waals surface area contributed by atoms with Gasteiger partial charge in [0.15, 0.2) is 5.82 Å². The van der Waals surface area contributed by atoms with E-state index in [1.807, 2.05) is 54.6 Å². The number of carbonyl (C=O) groups is 1. The van der Waals surface area contributed by atoms with Gasteiger partial charge in [0.1, 0.15) is 5.82 Å². The average Bonchev–Trinajstić information content (AvgIpc) is 3.40. The van der Waals surface area contributed by atoms with Gasteiger partial charge in [-0.3, -0.25) is 9.89 Å².